The maximum atomic E-state index is 12.9. The zero-order chi connectivity index (χ0) is 26.6. The molecule has 1 amide bonds. The Bertz CT molecular complexity index is 1550. The van der Waals surface area contributed by atoms with Crippen molar-refractivity contribution in [2.45, 2.75) is 20.0 Å². The van der Waals surface area contributed by atoms with Gasteiger partial charge < -0.3 is 14.8 Å². The van der Waals surface area contributed by atoms with E-state index in [-0.39, 0.29) is 5.91 Å². The van der Waals surface area contributed by atoms with Gasteiger partial charge in [-0.3, -0.25) is 14.8 Å². The Labute approximate surface area is 228 Å². The lowest BCUT2D eigenvalue weighted by Gasteiger charge is -2.34. The standard InChI is InChI=1S/C31H33N7O/c1-2-36-14-16-37(17-15-36)20-24-8-10-25(11-9-24)31(39)33-30-19-28(34-35-30)26-12-13-27-29(18-26)38(22-32-27)21-23-6-4-3-5-7-23/h3-13,18-19,22H,2,14-17,20-21H2,1H3,(H2,33,34,35,39). The molecule has 8 heteroatoms. The van der Waals surface area contributed by atoms with Crippen LogP contribution in [0.1, 0.15) is 28.4 Å². The van der Waals surface area contributed by atoms with Crippen molar-refractivity contribution in [3.8, 4) is 11.3 Å². The van der Waals surface area contributed by atoms with Gasteiger partial charge in [-0.25, -0.2) is 4.98 Å². The van der Waals surface area contributed by atoms with Crippen LogP contribution in [-0.4, -0.2) is 68.2 Å². The molecule has 1 fully saturated rings. The lowest BCUT2D eigenvalue weighted by Crippen LogP contribution is -2.45. The predicted octanol–water partition coefficient (Wildman–Crippen LogP) is 4.86. The van der Waals surface area contributed by atoms with Crippen LogP contribution in [0.2, 0.25) is 0 Å². The minimum Gasteiger partial charge on any atom is -0.326 e. The van der Waals surface area contributed by atoms with Gasteiger partial charge in [0, 0.05) is 56.5 Å². The number of rotatable bonds is 8. The first-order valence-electron chi connectivity index (χ1n) is 13.5. The van der Waals surface area contributed by atoms with E-state index in [2.05, 4.69) is 60.0 Å². The smallest absolute Gasteiger partial charge is 0.256 e. The van der Waals surface area contributed by atoms with Crippen molar-refractivity contribution in [2.75, 3.05) is 38.0 Å². The molecule has 5 aromatic rings. The van der Waals surface area contributed by atoms with Crippen LogP contribution in [0.4, 0.5) is 5.82 Å². The average Bonchev–Trinajstić information content (AvgIpc) is 3.61. The topological polar surface area (TPSA) is 82.1 Å². The second-order valence-corrected chi connectivity index (χ2v) is 10.1. The number of aromatic nitrogens is 4. The quantitative estimate of drug-likeness (QED) is 0.306. The third-order valence-corrected chi connectivity index (χ3v) is 7.48. The number of imidazole rings is 1. The molecule has 39 heavy (non-hydrogen) atoms. The van der Waals surface area contributed by atoms with Crippen LogP contribution in [-0.2, 0) is 13.1 Å². The van der Waals surface area contributed by atoms with Crippen LogP contribution >= 0.6 is 0 Å². The van der Waals surface area contributed by atoms with Gasteiger partial charge in [0.1, 0.15) is 0 Å². The van der Waals surface area contributed by atoms with E-state index >= 15 is 0 Å². The van der Waals surface area contributed by atoms with Gasteiger partial charge in [-0.15, -0.1) is 0 Å². The number of carbonyl (C=O) groups excluding carboxylic acids is 1. The van der Waals surface area contributed by atoms with Crippen LogP contribution in [0, 0.1) is 0 Å². The number of H-pyrrole nitrogens is 1. The number of piperazine rings is 1. The average molecular weight is 520 g/mol. The number of nitrogens with zero attached hydrogens (tertiary/aromatic N) is 5. The molecule has 1 aliphatic rings. The zero-order valence-corrected chi connectivity index (χ0v) is 22.2. The van der Waals surface area contributed by atoms with E-state index in [1.807, 2.05) is 67.0 Å². The lowest BCUT2D eigenvalue weighted by molar-refractivity contribution is 0.102. The van der Waals surface area contributed by atoms with Crippen molar-refractivity contribution in [3.05, 3.63) is 102 Å². The van der Waals surface area contributed by atoms with E-state index in [1.165, 1.54) is 11.1 Å². The highest BCUT2D eigenvalue weighted by atomic mass is 16.1. The molecule has 2 N–H and O–H groups in total. The fourth-order valence-corrected chi connectivity index (χ4v) is 5.14. The highest BCUT2D eigenvalue weighted by molar-refractivity contribution is 6.04. The molecule has 0 saturated carbocycles. The number of benzene rings is 3. The number of nitrogens with one attached hydrogen (secondary N) is 2. The summed E-state index contributed by atoms with van der Waals surface area (Å²) in [6.07, 6.45) is 1.87. The lowest BCUT2D eigenvalue weighted by atomic mass is 10.1. The number of anilines is 1. The number of hydrogen-bond acceptors (Lipinski definition) is 5. The molecule has 1 aliphatic heterocycles. The normalized spacial score (nSPS) is 14.6. The molecule has 0 radical (unpaired) electrons. The molecule has 8 nitrogen and oxygen atoms in total. The van der Waals surface area contributed by atoms with E-state index in [0.29, 0.717) is 11.4 Å². The highest BCUT2D eigenvalue weighted by Crippen LogP contribution is 2.25. The zero-order valence-electron chi connectivity index (χ0n) is 22.2. The van der Waals surface area contributed by atoms with Gasteiger partial charge >= 0.3 is 0 Å². The van der Waals surface area contributed by atoms with E-state index < -0.39 is 0 Å². The first kappa shape index (κ1) is 25.0. The Hall–Kier alpha value is -4.27. The van der Waals surface area contributed by atoms with E-state index in [1.54, 1.807) is 0 Å². The maximum Gasteiger partial charge on any atom is 0.256 e. The van der Waals surface area contributed by atoms with Crippen LogP contribution in [0.15, 0.2) is 85.2 Å². The van der Waals surface area contributed by atoms with Crippen LogP contribution in [0.3, 0.4) is 0 Å². The molecule has 0 atom stereocenters. The molecule has 0 unspecified atom stereocenters. The summed E-state index contributed by atoms with van der Waals surface area (Å²) in [5.41, 5.74) is 6.85. The Kier molecular flexibility index (Phi) is 7.21. The molecule has 3 heterocycles. The molecule has 6 rings (SSSR count). The van der Waals surface area contributed by atoms with E-state index in [0.717, 1.165) is 68.1 Å². The second-order valence-electron chi connectivity index (χ2n) is 10.1. The molecule has 0 aliphatic carbocycles. The molecule has 1 saturated heterocycles. The third-order valence-electron chi connectivity index (χ3n) is 7.48. The predicted molar refractivity (Wildman–Crippen MR) is 155 cm³/mol. The maximum absolute atomic E-state index is 12.9. The summed E-state index contributed by atoms with van der Waals surface area (Å²) in [6.45, 7) is 9.40. The summed E-state index contributed by atoms with van der Waals surface area (Å²) in [5, 5.41) is 10.3. The molecule has 3 aromatic carbocycles. The minimum atomic E-state index is -0.174. The second kappa shape index (κ2) is 11.2. The molecule has 0 bridgehead atoms. The van der Waals surface area contributed by atoms with Crippen molar-refractivity contribution < 1.29 is 4.79 Å². The van der Waals surface area contributed by atoms with Crippen molar-refractivity contribution in [1.29, 1.82) is 0 Å². The van der Waals surface area contributed by atoms with Crippen LogP contribution < -0.4 is 5.32 Å². The van der Waals surface area contributed by atoms with Gasteiger partial charge in [0.25, 0.3) is 5.91 Å². The van der Waals surface area contributed by atoms with E-state index in [4.69, 9.17) is 0 Å². The number of fused-ring (bicyclic) bond motifs is 1. The van der Waals surface area contributed by atoms with Crippen molar-refractivity contribution in [2.24, 2.45) is 0 Å². The first-order chi connectivity index (χ1) is 19.1. The summed E-state index contributed by atoms with van der Waals surface area (Å²) in [7, 11) is 0. The van der Waals surface area contributed by atoms with Gasteiger partial charge in [0.15, 0.2) is 5.82 Å². The van der Waals surface area contributed by atoms with Gasteiger partial charge in [-0.1, -0.05) is 55.5 Å². The van der Waals surface area contributed by atoms with Gasteiger partial charge in [0.2, 0.25) is 0 Å². The summed E-state index contributed by atoms with van der Waals surface area (Å²) in [4.78, 5) is 22.4. The van der Waals surface area contributed by atoms with Crippen molar-refractivity contribution in [1.82, 2.24) is 29.5 Å². The Balaban J connectivity index is 1.10. The van der Waals surface area contributed by atoms with Crippen molar-refractivity contribution >= 4 is 22.8 Å². The summed E-state index contributed by atoms with van der Waals surface area (Å²) < 4.78 is 2.14. The minimum absolute atomic E-state index is 0.174. The molecule has 0 spiro atoms. The fraction of sp³-hybridized carbons (Fsp3) is 0.258. The fourth-order valence-electron chi connectivity index (χ4n) is 5.14. The monoisotopic (exact) mass is 519 g/mol. The van der Waals surface area contributed by atoms with Crippen molar-refractivity contribution in [3.63, 3.8) is 0 Å². The Morgan fingerprint density at radius 2 is 1.62 bits per heavy atom. The number of hydrogen-bond donors (Lipinski definition) is 2. The summed E-state index contributed by atoms with van der Waals surface area (Å²) >= 11 is 0. The number of likely N-dealkylation sites (N-methyl/N-ethyl adjacent to an activating group) is 1. The number of aromatic amines is 1. The third kappa shape index (κ3) is 5.77. The molecular weight excluding hydrogens is 486 g/mol. The van der Waals surface area contributed by atoms with Crippen LogP contribution in [0.25, 0.3) is 22.3 Å². The Morgan fingerprint density at radius 1 is 0.872 bits per heavy atom. The number of carbonyl (C=O) groups is 1. The number of amides is 1. The SMILES string of the molecule is CCN1CCN(Cc2ccc(C(=O)Nc3cc(-c4ccc5ncn(Cc6ccccc6)c5c4)[nH]n3)cc2)CC1. The van der Waals surface area contributed by atoms with Crippen LogP contribution in [0.5, 0.6) is 0 Å². The Morgan fingerprint density at radius 3 is 2.38 bits per heavy atom. The summed E-state index contributed by atoms with van der Waals surface area (Å²) in [6, 6.07) is 26.2. The molecule has 198 valence electrons. The van der Waals surface area contributed by atoms with Gasteiger partial charge in [-0.2, -0.15) is 5.10 Å². The first-order valence-corrected chi connectivity index (χ1v) is 13.5. The van der Waals surface area contributed by atoms with Gasteiger partial charge in [-0.05, 0) is 41.9 Å². The van der Waals surface area contributed by atoms with Gasteiger partial charge in [0.05, 0.1) is 23.1 Å². The highest BCUT2D eigenvalue weighted by Gasteiger charge is 2.16. The molecular formula is C31H33N7O. The van der Waals surface area contributed by atoms with E-state index in [9.17, 15) is 4.79 Å². The molecule has 2 aromatic heterocycles. The summed E-state index contributed by atoms with van der Waals surface area (Å²) in [5.74, 6) is 0.318. The largest absolute Gasteiger partial charge is 0.326 e.